The normalized spacial score (nSPS) is 13.8. The molecule has 0 unspecified atom stereocenters. The fourth-order valence-corrected chi connectivity index (χ4v) is 7.93. The van der Waals surface area contributed by atoms with Gasteiger partial charge in [-0.25, -0.2) is 0 Å². The third-order valence-corrected chi connectivity index (χ3v) is 13.0. The summed E-state index contributed by atoms with van der Waals surface area (Å²) in [4.78, 5) is 0. The summed E-state index contributed by atoms with van der Waals surface area (Å²) in [5.74, 6) is 0. The number of aryl methyl sites for hydroxylation is 1. The zero-order valence-electron chi connectivity index (χ0n) is 16.2. The lowest BCUT2D eigenvalue weighted by Gasteiger charge is -2.32. The van der Waals surface area contributed by atoms with Crippen molar-refractivity contribution < 1.29 is 0 Å². The molecule has 0 radical (unpaired) electrons. The summed E-state index contributed by atoms with van der Waals surface area (Å²) in [6, 6.07) is 11.5. The second kappa shape index (κ2) is 6.62. The van der Waals surface area contributed by atoms with Gasteiger partial charge in [0.25, 0.3) is 0 Å². The lowest BCUT2D eigenvalue weighted by molar-refractivity contribution is 0.807. The monoisotopic (exact) mass is 353 g/mol. The first kappa shape index (κ1) is 17.7. The summed E-state index contributed by atoms with van der Waals surface area (Å²) in [6.45, 7) is 12.1. The van der Waals surface area contributed by atoms with Crippen LogP contribution in [0.3, 0.4) is 0 Å². The van der Waals surface area contributed by atoms with Crippen LogP contribution in [-0.4, -0.2) is 29.2 Å². The van der Waals surface area contributed by atoms with Crippen molar-refractivity contribution in [2.45, 2.75) is 52.8 Å². The first-order valence-corrected chi connectivity index (χ1v) is 14.1. The minimum atomic E-state index is -1.21. The molecule has 3 heteroatoms. The number of benzene rings is 2. The maximum absolute atomic E-state index is 2.76. The van der Waals surface area contributed by atoms with Gasteiger partial charge in [0.1, 0.15) is 17.9 Å². The van der Waals surface area contributed by atoms with Gasteiger partial charge in [0, 0.05) is 0 Å². The smallest absolute Gasteiger partial charge is 0.121 e. The quantitative estimate of drug-likeness (QED) is 0.630. The van der Waals surface area contributed by atoms with E-state index in [4.69, 9.17) is 0 Å². The first-order chi connectivity index (χ1) is 11.4. The molecular formula is C21H31NSi2. The molecule has 0 fully saturated rings. The van der Waals surface area contributed by atoms with E-state index in [9.17, 15) is 0 Å². The largest absolute Gasteiger partial charge is 0.350 e. The van der Waals surface area contributed by atoms with Gasteiger partial charge in [0.2, 0.25) is 0 Å². The lowest BCUT2D eigenvalue weighted by Crippen LogP contribution is -2.50. The van der Waals surface area contributed by atoms with Crippen molar-refractivity contribution in [3.63, 3.8) is 0 Å². The zero-order valence-corrected chi connectivity index (χ0v) is 18.6. The highest BCUT2D eigenvalue weighted by molar-refractivity contribution is 6.81. The minimum absolute atomic E-state index is 0.380. The number of hydrogen-bond donors (Lipinski definition) is 0. The van der Waals surface area contributed by atoms with Gasteiger partial charge in [0.05, 0.1) is 0 Å². The minimum Gasteiger partial charge on any atom is -0.350 e. The van der Waals surface area contributed by atoms with Crippen molar-refractivity contribution in [3.05, 3.63) is 52.6 Å². The molecule has 0 aromatic heterocycles. The molecule has 1 nitrogen and oxygen atoms in total. The standard InChI is InChI=1S/C21H31NSi2/c1-7-15-13-20-18-12-10-9-11-16(18)14-19(20)17(8-2)21(15)23-22(3)24(4,5)6/h9-13H,7-8,14,23H2,1-6H3. The Balaban J connectivity index is 2.13. The van der Waals surface area contributed by atoms with Gasteiger partial charge >= 0.3 is 0 Å². The summed E-state index contributed by atoms with van der Waals surface area (Å²) >= 11 is 0. The van der Waals surface area contributed by atoms with Crippen molar-refractivity contribution in [1.29, 1.82) is 0 Å². The third kappa shape index (κ3) is 3.05. The molecule has 128 valence electrons. The molecule has 0 spiro atoms. The molecule has 2 aromatic carbocycles. The van der Waals surface area contributed by atoms with E-state index >= 15 is 0 Å². The Hall–Kier alpha value is -1.17. The van der Waals surface area contributed by atoms with Crippen LogP contribution in [0, 0.1) is 0 Å². The SMILES string of the molecule is CCc1cc2c(c(CC)c1[SiH2]N(C)[Si](C)(C)C)Cc1ccccc1-2. The van der Waals surface area contributed by atoms with E-state index < -0.39 is 8.24 Å². The molecule has 0 amide bonds. The second-order valence-corrected chi connectivity index (χ2v) is 15.8. The van der Waals surface area contributed by atoms with Gasteiger partial charge in [-0.2, -0.15) is 0 Å². The molecule has 3 rings (SSSR count). The Bertz CT molecular complexity index is 759. The van der Waals surface area contributed by atoms with Gasteiger partial charge < -0.3 is 4.23 Å². The van der Waals surface area contributed by atoms with Crippen LogP contribution in [0.5, 0.6) is 0 Å². The van der Waals surface area contributed by atoms with Crippen LogP contribution in [0.1, 0.15) is 36.1 Å². The van der Waals surface area contributed by atoms with Gasteiger partial charge in [-0.3, -0.25) is 0 Å². The Morgan fingerprint density at radius 2 is 1.75 bits per heavy atom. The molecule has 0 N–H and O–H groups in total. The van der Waals surface area contributed by atoms with Gasteiger partial charge in [-0.15, -0.1) is 0 Å². The lowest BCUT2D eigenvalue weighted by atomic mass is 9.95. The Morgan fingerprint density at radius 3 is 2.38 bits per heavy atom. The maximum Gasteiger partial charge on any atom is 0.121 e. The van der Waals surface area contributed by atoms with E-state index in [1.807, 2.05) is 0 Å². The van der Waals surface area contributed by atoms with E-state index in [0.29, 0.717) is 0 Å². The molecule has 0 heterocycles. The van der Waals surface area contributed by atoms with E-state index in [2.05, 4.69) is 75.1 Å². The fourth-order valence-electron chi connectivity index (χ4n) is 3.87. The van der Waals surface area contributed by atoms with Crippen LogP contribution < -0.4 is 5.19 Å². The number of hydrogen-bond acceptors (Lipinski definition) is 1. The van der Waals surface area contributed by atoms with Crippen LogP contribution in [0.25, 0.3) is 11.1 Å². The topological polar surface area (TPSA) is 3.24 Å². The Labute approximate surface area is 151 Å². The summed E-state index contributed by atoms with van der Waals surface area (Å²) in [7, 11) is 0.785. The average Bonchev–Trinajstić information content (AvgIpc) is 2.91. The van der Waals surface area contributed by atoms with Crippen molar-refractivity contribution in [2.24, 2.45) is 0 Å². The van der Waals surface area contributed by atoms with E-state index in [1.54, 1.807) is 21.9 Å². The second-order valence-electron chi connectivity index (χ2n) is 8.09. The molecule has 24 heavy (non-hydrogen) atoms. The van der Waals surface area contributed by atoms with Crippen molar-refractivity contribution in [3.8, 4) is 11.1 Å². The van der Waals surface area contributed by atoms with Crippen LogP contribution >= 0.6 is 0 Å². The Morgan fingerprint density at radius 1 is 1.04 bits per heavy atom. The van der Waals surface area contributed by atoms with Gasteiger partial charge in [0.15, 0.2) is 0 Å². The van der Waals surface area contributed by atoms with E-state index in [-0.39, 0.29) is 9.68 Å². The summed E-state index contributed by atoms with van der Waals surface area (Å²) in [6.07, 6.45) is 3.47. The highest BCUT2D eigenvalue weighted by atomic mass is 28.4. The summed E-state index contributed by atoms with van der Waals surface area (Å²) in [5, 5.41) is 1.75. The summed E-state index contributed by atoms with van der Waals surface area (Å²) in [5.41, 5.74) is 9.43. The average molecular weight is 354 g/mol. The van der Waals surface area contributed by atoms with E-state index in [1.165, 1.54) is 23.1 Å². The number of rotatable bonds is 5. The molecule has 2 aromatic rings. The Kier molecular flexibility index (Phi) is 4.87. The van der Waals surface area contributed by atoms with Crippen LogP contribution in [0.2, 0.25) is 19.6 Å². The van der Waals surface area contributed by atoms with E-state index in [0.717, 1.165) is 12.8 Å². The highest BCUT2D eigenvalue weighted by Gasteiger charge is 2.27. The van der Waals surface area contributed by atoms with Crippen molar-refractivity contribution in [2.75, 3.05) is 7.05 Å². The first-order valence-electron chi connectivity index (χ1n) is 9.32. The highest BCUT2D eigenvalue weighted by Crippen LogP contribution is 2.38. The molecule has 0 atom stereocenters. The predicted octanol–water partition coefficient (Wildman–Crippen LogP) is 3.86. The predicted molar refractivity (Wildman–Crippen MR) is 113 cm³/mol. The fraction of sp³-hybridized carbons (Fsp3) is 0.429. The third-order valence-electron chi connectivity index (χ3n) is 5.71. The van der Waals surface area contributed by atoms with Gasteiger partial charge in [-0.1, -0.05) is 63.8 Å². The molecule has 0 saturated carbocycles. The van der Waals surface area contributed by atoms with Crippen LogP contribution in [0.15, 0.2) is 30.3 Å². The van der Waals surface area contributed by atoms with Crippen molar-refractivity contribution >= 4 is 23.1 Å². The zero-order chi connectivity index (χ0) is 17.5. The molecule has 1 aliphatic carbocycles. The van der Waals surface area contributed by atoms with Crippen molar-refractivity contribution in [1.82, 2.24) is 4.23 Å². The number of fused-ring (bicyclic) bond motifs is 3. The van der Waals surface area contributed by atoms with Crippen LogP contribution in [-0.2, 0) is 19.3 Å². The van der Waals surface area contributed by atoms with Crippen LogP contribution in [0.4, 0.5) is 0 Å². The summed E-state index contributed by atoms with van der Waals surface area (Å²) < 4.78 is 2.76. The molecule has 0 aliphatic heterocycles. The van der Waals surface area contributed by atoms with Gasteiger partial charge in [-0.05, 0) is 64.9 Å². The molecular weight excluding hydrogens is 322 g/mol. The maximum atomic E-state index is 2.76. The number of nitrogens with zero attached hydrogens (tertiary/aromatic N) is 1. The molecule has 0 saturated heterocycles. The molecule has 1 aliphatic rings. The molecule has 0 bridgehead atoms.